The van der Waals surface area contributed by atoms with Crippen LogP contribution in [0.5, 0.6) is 0 Å². The lowest BCUT2D eigenvalue weighted by molar-refractivity contribution is -0.671. The van der Waals surface area contributed by atoms with Crippen LogP contribution in [0.1, 0.15) is 12.5 Å². The highest BCUT2D eigenvalue weighted by Gasteiger charge is 2.21. The van der Waals surface area contributed by atoms with E-state index in [-0.39, 0.29) is 12.4 Å². The van der Waals surface area contributed by atoms with Gasteiger partial charge < -0.3 is 9.64 Å². The molecule has 1 aromatic rings. The quantitative estimate of drug-likeness (QED) is 0.431. The minimum atomic E-state index is -0.444. The van der Waals surface area contributed by atoms with Crippen LogP contribution in [0.25, 0.3) is 6.08 Å². The molecule has 0 aromatic carbocycles. The van der Waals surface area contributed by atoms with Gasteiger partial charge in [-0.1, -0.05) is 24.3 Å². The maximum absolute atomic E-state index is 13.0. The smallest absolute Gasteiger partial charge is 0.338 e. The van der Waals surface area contributed by atoms with Gasteiger partial charge in [0, 0.05) is 42.7 Å². The van der Waals surface area contributed by atoms with E-state index in [4.69, 9.17) is 4.74 Å². The summed E-state index contributed by atoms with van der Waals surface area (Å²) in [4.78, 5) is 27.2. The zero-order valence-corrected chi connectivity index (χ0v) is 17.4. The molecule has 1 aliphatic heterocycles. The first-order chi connectivity index (χ1) is 14.5. The highest BCUT2D eigenvalue weighted by Crippen LogP contribution is 2.22. The Hall–Kier alpha value is -3.73. The van der Waals surface area contributed by atoms with Crippen LogP contribution in [-0.4, -0.2) is 30.3 Å². The molecule has 2 heterocycles. The fourth-order valence-electron chi connectivity index (χ4n) is 2.87. The van der Waals surface area contributed by atoms with Crippen molar-refractivity contribution in [3.05, 3.63) is 107 Å². The van der Waals surface area contributed by atoms with Gasteiger partial charge in [-0.05, 0) is 42.4 Å². The number of carbonyl (C=O) groups is 2. The zero-order valence-electron chi connectivity index (χ0n) is 17.4. The Morgan fingerprint density at radius 1 is 1.10 bits per heavy atom. The van der Waals surface area contributed by atoms with Crippen molar-refractivity contribution in [2.45, 2.75) is 6.92 Å². The van der Waals surface area contributed by atoms with Crippen LogP contribution in [0.3, 0.4) is 0 Å². The van der Waals surface area contributed by atoms with Gasteiger partial charge in [-0.2, -0.15) is 0 Å². The van der Waals surface area contributed by atoms with Crippen LogP contribution >= 0.6 is 0 Å². The lowest BCUT2D eigenvalue weighted by atomic mass is 9.92. The van der Waals surface area contributed by atoms with Crippen molar-refractivity contribution in [2.75, 3.05) is 13.7 Å². The Morgan fingerprint density at radius 3 is 2.47 bits per heavy atom. The highest BCUT2D eigenvalue weighted by atomic mass is 16.5. The number of hydrogen-bond acceptors (Lipinski definition) is 4. The number of aryl methyl sites for hydroxylation is 1. The number of esters is 1. The average Bonchev–Trinajstić information content (AvgIpc) is 2.74. The first-order valence-electron chi connectivity index (χ1n) is 9.75. The van der Waals surface area contributed by atoms with Gasteiger partial charge in [-0.15, -0.1) is 0 Å². The van der Waals surface area contributed by atoms with Gasteiger partial charge in [0.1, 0.15) is 7.05 Å². The van der Waals surface area contributed by atoms with Gasteiger partial charge in [0.25, 0.3) is 0 Å². The molecule has 0 saturated carbocycles. The molecule has 152 valence electrons. The first-order valence-corrected chi connectivity index (χ1v) is 9.75. The number of rotatable bonds is 5. The molecular formula is C25H25N2O3+. The summed E-state index contributed by atoms with van der Waals surface area (Å²) in [6.45, 7) is 2.03. The van der Waals surface area contributed by atoms with E-state index in [1.54, 1.807) is 31.2 Å². The number of ether oxygens (including phenoxy) is 1. The van der Waals surface area contributed by atoms with E-state index in [0.717, 1.165) is 11.1 Å². The molecule has 0 spiro atoms. The van der Waals surface area contributed by atoms with E-state index in [2.05, 4.69) is 0 Å². The second-order valence-corrected chi connectivity index (χ2v) is 6.96. The molecule has 5 nitrogen and oxygen atoms in total. The van der Waals surface area contributed by atoms with Crippen molar-refractivity contribution in [1.29, 1.82) is 0 Å². The molecule has 0 unspecified atom stereocenters. The summed E-state index contributed by atoms with van der Waals surface area (Å²) in [5, 5.41) is 0. The number of aromatic nitrogens is 1. The van der Waals surface area contributed by atoms with Crippen LogP contribution in [0.4, 0.5) is 0 Å². The van der Waals surface area contributed by atoms with E-state index in [1.807, 2.05) is 84.8 Å². The Labute approximate surface area is 177 Å². The standard InChI is InChI=1S/C25H25N2O3/c1-4-30-25(29)23-17-21(7-5-19-9-13-26(2)14-10-19)24(28)22(18-23)8-6-20-11-15-27(3)16-12-20/h5-18H,4H2,1-3H3/q+1. The molecule has 0 fully saturated rings. The SMILES string of the molecule is CCOC(=O)C1=C/C(=C\C=C2C=CN(C)C=C2)C(=O)C(/C=C/c2cc[n+](C)cc2)=C1. The molecule has 0 radical (unpaired) electrons. The maximum atomic E-state index is 13.0. The van der Waals surface area contributed by atoms with Crippen molar-refractivity contribution in [2.24, 2.45) is 7.05 Å². The molecule has 0 saturated heterocycles. The third-order valence-electron chi connectivity index (χ3n) is 4.58. The summed E-state index contributed by atoms with van der Waals surface area (Å²) in [6, 6.07) is 3.90. The normalized spacial score (nSPS) is 17.4. The highest BCUT2D eigenvalue weighted by molar-refractivity contribution is 6.16. The Bertz CT molecular complexity index is 1030. The number of pyridine rings is 1. The summed E-state index contributed by atoms with van der Waals surface area (Å²) >= 11 is 0. The van der Waals surface area contributed by atoms with Crippen LogP contribution in [0.2, 0.25) is 0 Å². The first kappa shape index (κ1) is 21.0. The maximum Gasteiger partial charge on any atom is 0.338 e. The van der Waals surface area contributed by atoms with Gasteiger partial charge in [-0.25, -0.2) is 9.36 Å². The minimum absolute atomic E-state index is 0.140. The lowest BCUT2D eigenvalue weighted by Gasteiger charge is -2.13. The summed E-state index contributed by atoms with van der Waals surface area (Å²) in [5.74, 6) is -0.584. The number of ketones is 1. The van der Waals surface area contributed by atoms with Gasteiger partial charge in [0.15, 0.2) is 18.2 Å². The monoisotopic (exact) mass is 401 g/mol. The second-order valence-electron chi connectivity index (χ2n) is 6.96. The van der Waals surface area contributed by atoms with Crippen molar-refractivity contribution in [3.63, 3.8) is 0 Å². The third-order valence-corrected chi connectivity index (χ3v) is 4.58. The molecule has 3 rings (SSSR count). The Balaban J connectivity index is 1.92. The number of allylic oxidation sites excluding steroid dienone is 9. The predicted molar refractivity (Wildman–Crippen MR) is 117 cm³/mol. The third kappa shape index (κ3) is 5.41. The molecule has 2 aliphatic rings. The lowest BCUT2D eigenvalue weighted by Crippen LogP contribution is -2.25. The minimum Gasteiger partial charge on any atom is -0.462 e. The average molecular weight is 401 g/mol. The molecule has 0 atom stereocenters. The molecular weight excluding hydrogens is 376 g/mol. The second kappa shape index (κ2) is 9.65. The summed E-state index contributed by atoms with van der Waals surface area (Å²) in [7, 11) is 3.88. The van der Waals surface area contributed by atoms with E-state index >= 15 is 0 Å². The summed E-state index contributed by atoms with van der Waals surface area (Å²) in [5.41, 5.74) is 3.15. The molecule has 1 aliphatic carbocycles. The van der Waals surface area contributed by atoms with Gasteiger partial charge in [0.05, 0.1) is 12.2 Å². The molecule has 1 aromatic heterocycles. The fourth-order valence-corrected chi connectivity index (χ4v) is 2.87. The zero-order chi connectivity index (χ0) is 21.5. The van der Waals surface area contributed by atoms with Gasteiger partial charge in [-0.3, -0.25) is 4.79 Å². The van der Waals surface area contributed by atoms with Crippen molar-refractivity contribution < 1.29 is 18.9 Å². The number of nitrogens with zero attached hydrogens (tertiary/aromatic N) is 2. The van der Waals surface area contributed by atoms with Crippen LogP contribution in [-0.2, 0) is 21.4 Å². The molecule has 30 heavy (non-hydrogen) atoms. The molecule has 5 heteroatoms. The van der Waals surface area contributed by atoms with Gasteiger partial charge in [0.2, 0.25) is 0 Å². The van der Waals surface area contributed by atoms with E-state index in [0.29, 0.717) is 16.7 Å². The summed E-state index contributed by atoms with van der Waals surface area (Å²) in [6.07, 6.45) is 22.0. The fraction of sp³-hybridized carbons (Fsp3) is 0.160. The van der Waals surface area contributed by atoms with Crippen LogP contribution in [0.15, 0.2) is 102 Å². The Kier molecular flexibility index (Phi) is 6.75. The molecule has 0 bridgehead atoms. The van der Waals surface area contributed by atoms with Crippen LogP contribution < -0.4 is 4.57 Å². The molecule has 0 N–H and O–H groups in total. The Morgan fingerprint density at radius 2 is 1.80 bits per heavy atom. The van der Waals surface area contributed by atoms with Crippen molar-refractivity contribution >= 4 is 17.8 Å². The number of hydrogen-bond donors (Lipinski definition) is 0. The van der Waals surface area contributed by atoms with E-state index < -0.39 is 5.97 Å². The largest absolute Gasteiger partial charge is 0.462 e. The van der Waals surface area contributed by atoms with E-state index in [9.17, 15) is 9.59 Å². The predicted octanol–water partition coefficient (Wildman–Crippen LogP) is 3.35. The van der Waals surface area contributed by atoms with Crippen molar-refractivity contribution in [1.82, 2.24) is 4.90 Å². The van der Waals surface area contributed by atoms with Crippen molar-refractivity contribution in [3.8, 4) is 0 Å². The van der Waals surface area contributed by atoms with Gasteiger partial charge >= 0.3 is 5.97 Å². The number of carbonyl (C=O) groups excluding carboxylic acids is 2. The van der Waals surface area contributed by atoms with E-state index in [1.165, 1.54) is 0 Å². The summed E-state index contributed by atoms with van der Waals surface area (Å²) < 4.78 is 7.07. The number of Topliss-reactive ketones (excluding diaryl/α,β-unsaturated/α-hetero) is 1. The topological polar surface area (TPSA) is 50.5 Å². The molecule has 0 amide bonds. The van der Waals surface area contributed by atoms with Crippen LogP contribution in [0, 0.1) is 0 Å².